The first kappa shape index (κ1) is 26.7. The highest BCUT2D eigenvalue weighted by molar-refractivity contribution is 14.1. The second kappa shape index (κ2) is 12.5. The quantitative estimate of drug-likeness (QED) is 0.182. The lowest BCUT2D eigenvalue weighted by atomic mass is 10.1. The van der Waals surface area contributed by atoms with Gasteiger partial charge in [0.25, 0.3) is 17.7 Å². The Kier molecular flexibility index (Phi) is 11.5. The number of likely N-dealkylation sites (N-methyl/N-ethyl adjacent to an activating group) is 1. The molecule has 0 fully saturated rings. The Labute approximate surface area is 207 Å². The lowest BCUT2D eigenvalue weighted by Gasteiger charge is -2.24. The summed E-state index contributed by atoms with van der Waals surface area (Å²) in [6.45, 7) is -1.77. The van der Waals surface area contributed by atoms with Crippen LogP contribution in [0.4, 0.5) is 5.69 Å². The molecular weight excluding hydrogens is 727 g/mol. The number of hydrogen-bond acceptors (Lipinski definition) is 7. The summed E-state index contributed by atoms with van der Waals surface area (Å²) in [6.07, 6.45) is -1.15. The molecule has 0 aliphatic rings. The van der Waals surface area contributed by atoms with Gasteiger partial charge in [0.15, 0.2) is 0 Å². The number of halogens is 3. The van der Waals surface area contributed by atoms with Gasteiger partial charge in [0, 0.05) is 23.7 Å². The van der Waals surface area contributed by atoms with E-state index in [4.69, 9.17) is 10.2 Å². The summed E-state index contributed by atoms with van der Waals surface area (Å²) in [4.78, 5) is 38.7. The summed E-state index contributed by atoms with van der Waals surface area (Å²) in [5, 5.41) is 41.6. The third-order valence-electron chi connectivity index (χ3n) is 3.70. The molecule has 6 N–H and O–H groups in total. The lowest BCUT2D eigenvalue weighted by molar-refractivity contribution is -0.121. The summed E-state index contributed by atoms with van der Waals surface area (Å²) in [5.74, 6) is -1.78. The molecule has 10 nitrogen and oxygen atoms in total. The Morgan fingerprint density at radius 1 is 0.966 bits per heavy atom. The molecule has 0 saturated heterocycles. The Morgan fingerprint density at radius 3 is 1.93 bits per heavy atom. The number of aliphatic hydroxyl groups is 4. The van der Waals surface area contributed by atoms with E-state index in [1.165, 1.54) is 7.05 Å². The van der Waals surface area contributed by atoms with Crippen molar-refractivity contribution >= 4 is 91.2 Å². The van der Waals surface area contributed by atoms with Gasteiger partial charge in [-0.2, -0.15) is 0 Å². The van der Waals surface area contributed by atoms with E-state index in [-0.39, 0.29) is 36.5 Å². The van der Waals surface area contributed by atoms with Crippen molar-refractivity contribution in [2.75, 3.05) is 44.9 Å². The van der Waals surface area contributed by atoms with E-state index in [1.54, 1.807) is 0 Å². The van der Waals surface area contributed by atoms with Gasteiger partial charge in [0.05, 0.1) is 43.3 Å². The smallest absolute Gasteiger partial charge is 0.253 e. The van der Waals surface area contributed by atoms with Gasteiger partial charge < -0.3 is 36.0 Å². The zero-order chi connectivity index (χ0) is 22.3. The molecule has 1 atom stereocenters. The van der Waals surface area contributed by atoms with Crippen LogP contribution in [0.5, 0.6) is 0 Å². The predicted octanol–water partition coefficient (Wildman–Crippen LogP) is -0.739. The van der Waals surface area contributed by atoms with Crippen LogP contribution in [0.25, 0.3) is 0 Å². The number of carbonyl (C=O) groups excluding carboxylic acids is 3. The Morgan fingerprint density at radius 2 is 1.48 bits per heavy atom. The van der Waals surface area contributed by atoms with Crippen LogP contribution < -0.4 is 15.5 Å². The highest BCUT2D eigenvalue weighted by Gasteiger charge is 2.30. The third-order valence-corrected chi connectivity index (χ3v) is 6.88. The van der Waals surface area contributed by atoms with Gasteiger partial charge in [-0.05, 0) is 67.8 Å². The van der Waals surface area contributed by atoms with E-state index in [2.05, 4.69) is 10.6 Å². The Bertz CT molecular complexity index is 792. The van der Waals surface area contributed by atoms with Crippen LogP contribution in [0, 0.1) is 10.7 Å². The number of nitrogens with zero attached hydrogens (tertiary/aromatic N) is 1. The van der Waals surface area contributed by atoms with Crippen molar-refractivity contribution in [2.24, 2.45) is 0 Å². The second-order valence-electron chi connectivity index (χ2n) is 5.68. The molecular formula is C16H20I3N3O7. The molecule has 162 valence electrons. The lowest BCUT2D eigenvalue weighted by Crippen LogP contribution is -2.37. The topological polar surface area (TPSA) is 159 Å². The Hall–Kier alpha value is -0.340. The molecule has 1 unspecified atom stereocenters. The van der Waals surface area contributed by atoms with Crippen LogP contribution in [0.2, 0.25) is 0 Å². The largest absolute Gasteiger partial charge is 0.395 e. The first-order valence-electron chi connectivity index (χ1n) is 8.16. The van der Waals surface area contributed by atoms with E-state index >= 15 is 0 Å². The van der Waals surface area contributed by atoms with E-state index < -0.39 is 37.0 Å². The highest BCUT2D eigenvalue weighted by atomic mass is 127. The number of hydrogen-bond donors (Lipinski definition) is 6. The zero-order valence-electron chi connectivity index (χ0n) is 15.2. The predicted molar refractivity (Wildman–Crippen MR) is 130 cm³/mol. The van der Waals surface area contributed by atoms with Gasteiger partial charge in [-0.1, -0.05) is 0 Å². The fourth-order valence-electron chi connectivity index (χ4n) is 2.20. The van der Waals surface area contributed by atoms with Crippen molar-refractivity contribution in [3.05, 3.63) is 21.8 Å². The number of amides is 3. The molecule has 0 aliphatic carbocycles. The molecule has 3 amide bonds. The third kappa shape index (κ3) is 6.57. The van der Waals surface area contributed by atoms with Crippen LogP contribution in [-0.4, -0.2) is 84.2 Å². The molecule has 13 heteroatoms. The Balaban J connectivity index is 3.63. The molecule has 0 saturated carbocycles. The number of benzene rings is 1. The number of carbonyl (C=O) groups is 3. The summed E-state index contributed by atoms with van der Waals surface area (Å²) in [5.41, 5.74) is 0.520. The average Bonchev–Trinajstić information content (AvgIpc) is 2.69. The number of aliphatic hydroxyl groups excluding tert-OH is 4. The molecule has 0 spiro atoms. The van der Waals surface area contributed by atoms with Gasteiger partial charge in [-0.15, -0.1) is 0 Å². The standard InChI is InChI=1S/C16H20I3N3O7/c1-22(8(27)6-25)14-12(18)9(15(28)20-2-3-23)11(17)10(13(14)19)16(29)21-4-7(26)5-24/h7,23-26H,2-6H2,1H3,(H,20,28)(H,21,29). The van der Waals surface area contributed by atoms with Gasteiger partial charge in [-0.25, -0.2) is 0 Å². The van der Waals surface area contributed by atoms with E-state index in [1.807, 2.05) is 67.8 Å². The second-order valence-corrected chi connectivity index (χ2v) is 8.91. The van der Waals surface area contributed by atoms with Crippen LogP contribution >= 0.6 is 67.8 Å². The summed E-state index contributed by atoms with van der Waals surface area (Å²) < 4.78 is 1.08. The molecule has 0 radical (unpaired) electrons. The summed E-state index contributed by atoms with van der Waals surface area (Å²) >= 11 is 5.62. The number of anilines is 1. The minimum atomic E-state index is -1.15. The highest BCUT2D eigenvalue weighted by Crippen LogP contribution is 2.37. The maximum atomic E-state index is 12.8. The van der Waals surface area contributed by atoms with Crippen LogP contribution in [0.15, 0.2) is 0 Å². The molecule has 1 aromatic carbocycles. The molecule has 0 aliphatic heterocycles. The first-order valence-corrected chi connectivity index (χ1v) is 11.4. The molecule has 0 bridgehead atoms. The molecule has 1 aromatic rings. The van der Waals surface area contributed by atoms with Crippen molar-refractivity contribution < 1.29 is 34.8 Å². The van der Waals surface area contributed by atoms with Crippen LogP contribution in [-0.2, 0) is 4.79 Å². The van der Waals surface area contributed by atoms with Gasteiger partial charge in [0.1, 0.15) is 6.61 Å². The van der Waals surface area contributed by atoms with Crippen molar-refractivity contribution in [3.8, 4) is 0 Å². The van der Waals surface area contributed by atoms with E-state index in [0.29, 0.717) is 10.7 Å². The summed E-state index contributed by atoms with van der Waals surface area (Å²) in [6, 6.07) is 0. The minimum absolute atomic E-state index is 0.00193. The van der Waals surface area contributed by atoms with Crippen molar-refractivity contribution in [2.45, 2.75) is 6.10 Å². The monoisotopic (exact) mass is 747 g/mol. The van der Waals surface area contributed by atoms with Gasteiger partial charge in [0.2, 0.25) is 0 Å². The first-order chi connectivity index (χ1) is 13.6. The molecule has 1 rings (SSSR count). The molecule has 0 aromatic heterocycles. The normalized spacial score (nSPS) is 11.7. The molecule has 29 heavy (non-hydrogen) atoms. The van der Waals surface area contributed by atoms with Crippen molar-refractivity contribution in [1.82, 2.24) is 10.6 Å². The van der Waals surface area contributed by atoms with E-state index in [9.17, 15) is 24.6 Å². The number of nitrogens with one attached hydrogen (secondary N) is 2. The van der Waals surface area contributed by atoms with E-state index in [0.717, 1.165) is 4.90 Å². The fourth-order valence-corrected chi connectivity index (χ4v) is 7.07. The minimum Gasteiger partial charge on any atom is -0.395 e. The average molecular weight is 747 g/mol. The van der Waals surface area contributed by atoms with Crippen LogP contribution in [0.3, 0.4) is 0 Å². The van der Waals surface area contributed by atoms with Crippen LogP contribution in [0.1, 0.15) is 20.7 Å². The maximum Gasteiger partial charge on any atom is 0.253 e. The van der Waals surface area contributed by atoms with Crippen molar-refractivity contribution in [3.63, 3.8) is 0 Å². The van der Waals surface area contributed by atoms with Gasteiger partial charge in [-0.3, -0.25) is 14.4 Å². The maximum absolute atomic E-state index is 12.8. The molecule has 0 heterocycles. The summed E-state index contributed by atoms with van der Waals surface area (Å²) in [7, 11) is 1.41. The number of rotatable bonds is 9. The fraction of sp³-hybridized carbons (Fsp3) is 0.438. The van der Waals surface area contributed by atoms with Gasteiger partial charge >= 0.3 is 0 Å². The zero-order valence-corrected chi connectivity index (χ0v) is 21.7. The SMILES string of the molecule is CN(C(=O)CO)c1c(I)c(C(=O)NCCO)c(I)c(C(=O)NCC(O)CO)c1I. The van der Waals surface area contributed by atoms with Crippen molar-refractivity contribution in [1.29, 1.82) is 0 Å².